The second-order valence-corrected chi connectivity index (χ2v) is 6.65. The van der Waals surface area contributed by atoms with Gasteiger partial charge in [0.15, 0.2) is 5.96 Å². The van der Waals surface area contributed by atoms with Gasteiger partial charge in [-0.3, -0.25) is 4.99 Å². The molecule has 23 heavy (non-hydrogen) atoms. The number of nitrogens with zero attached hydrogens (tertiary/aromatic N) is 3. The molecular formula is C14H20Cl2IN5S. The topological polar surface area (TPSA) is 54.2 Å². The van der Waals surface area contributed by atoms with E-state index in [2.05, 4.69) is 27.5 Å². The maximum Gasteiger partial charge on any atom is 0.191 e. The molecule has 0 aromatic carbocycles. The van der Waals surface area contributed by atoms with E-state index in [4.69, 9.17) is 23.2 Å². The summed E-state index contributed by atoms with van der Waals surface area (Å²) in [5, 5.41) is 8.62. The summed E-state index contributed by atoms with van der Waals surface area (Å²) < 4.78 is 1.85. The molecule has 0 aliphatic carbocycles. The number of aryl methyl sites for hydroxylation is 1. The maximum atomic E-state index is 6.06. The Bertz CT molecular complexity index is 668. The van der Waals surface area contributed by atoms with Crippen LogP contribution >= 0.6 is 58.5 Å². The van der Waals surface area contributed by atoms with Crippen LogP contribution in [0.4, 0.5) is 0 Å². The van der Waals surface area contributed by atoms with Crippen LogP contribution in [0, 0.1) is 0 Å². The SMILES string of the molecule is CCc1cnc(CNC(=NC)NCc2cc(Cl)c(Cl)n2C)s1.I. The molecule has 0 saturated heterocycles. The fraction of sp³-hybridized carbons (Fsp3) is 0.429. The lowest BCUT2D eigenvalue weighted by Gasteiger charge is -2.11. The van der Waals surface area contributed by atoms with Crippen LogP contribution in [0.25, 0.3) is 0 Å². The minimum absolute atomic E-state index is 0. The van der Waals surface area contributed by atoms with Gasteiger partial charge >= 0.3 is 0 Å². The summed E-state index contributed by atoms with van der Waals surface area (Å²) in [5.41, 5.74) is 0.987. The first-order valence-corrected chi connectivity index (χ1v) is 8.50. The van der Waals surface area contributed by atoms with Gasteiger partial charge in [-0.15, -0.1) is 35.3 Å². The lowest BCUT2D eigenvalue weighted by Crippen LogP contribution is -2.36. The molecule has 2 heterocycles. The summed E-state index contributed by atoms with van der Waals surface area (Å²) in [5.74, 6) is 0.710. The Morgan fingerprint density at radius 3 is 2.57 bits per heavy atom. The van der Waals surface area contributed by atoms with Crippen LogP contribution in [-0.2, 0) is 26.6 Å². The van der Waals surface area contributed by atoms with Crippen molar-refractivity contribution in [2.45, 2.75) is 26.4 Å². The highest BCUT2D eigenvalue weighted by atomic mass is 127. The fourth-order valence-corrected chi connectivity index (χ4v) is 3.12. The molecule has 0 bridgehead atoms. The van der Waals surface area contributed by atoms with Crippen molar-refractivity contribution in [3.63, 3.8) is 0 Å². The fourth-order valence-electron chi connectivity index (χ4n) is 1.91. The molecule has 0 atom stereocenters. The molecule has 2 rings (SSSR count). The molecule has 9 heteroatoms. The first-order chi connectivity index (χ1) is 10.5. The van der Waals surface area contributed by atoms with Gasteiger partial charge in [-0.1, -0.05) is 30.1 Å². The van der Waals surface area contributed by atoms with Gasteiger partial charge in [0.25, 0.3) is 0 Å². The number of aliphatic imine (C=N–C) groups is 1. The zero-order valence-corrected chi connectivity index (χ0v) is 17.8. The van der Waals surface area contributed by atoms with Crippen molar-refractivity contribution in [1.82, 2.24) is 20.2 Å². The van der Waals surface area contributed by atoms with E-state index >= 15 is 0 Å². The van der Waals surface area contributed by atoms with Gasteiger partial charge in [-0.05, 0) is 12.5 Å². The Kier molecular flexibility index (Phi) is 8.66. The second kappa shape index (κ2) is 9.71. The third-order valence-electron chi connectivity index (χ3n) is 3.23. The van der Waals surface area contributed by atoms with Crippen molar-refractivity contribution in [3.05, 3.63) is 38.0 Å². The molecule has 128 valence electrons. The Morgan fingerprint density at radius 1 is 1.35 bits per heavy atom. The van der Waals surface area contributed by atoms with Crippen molar-refractivity contribution in [3.8, 4) is 0 Å². The smallest absolute Gasteiger partial charge is 0.191 e. The van der Waals surface area contributed by atoms with Crippen LogP contribution in [0.2, 0.25) is 10.2 Å². The van der Waals surface area contributed by atoms with E-state index in [1.807, 2.05) is 23.9 Å². The highest BCUT2D eigenvalue weighted by Gasteiger charge is 2.09. The van der Waals surface area contributed by atoms with Crippen LogP contribution in [0.5, 0.6) is 0 Å². The number of hydrogen-bond acceptors (Lipinski definition) is 3. The van der Waals surface area contributed by atoms with Crippen LogP contribution in [0.1, 0.15) is 22.5 Å². The number of hydrogen-bond donors (Lipinski definition) is 2. The van der Waals surface area contributed by atoms with Gasteiger partial charge in [0.05, 0.1) is 18.1 Å². The molecule has 0 fully saturated rings. The molecule has 2 aromatic rings. The van der Waals surface area contributed by atoms with Crippen LogP contribution < -0.4 is 10.6 Å². The monoisotopic (exact) mass is 487 g/mol. The van der Waals surface area contributed by atoms with Gasteiger partial charge in [0.1, 0.15) is 10.2 Å². The van der Waals surface area contributed by atoms with E-state index in [-0.39, 0.29) is 24.0 Å². The van der Waals surface area contributed by atoms with Crippen molar-refractivity contribution in [2.75, 3.05) is 7.05 Å². The zero-order valence-electron chi connectivity index (χ0n) is 13.2. The molecule has 5 nitrogen and oxygen atoms in total. The van der Waals surface area contributed by atoms with Crippen molar-refractivity contribution >= 4 is 64.5 Å². The number of rotatable bonds is 5. The van der Waals surface area contributed by atoms with E-state index in [9.17, 15) is 0 Å². The predicted octanol–water partition coefficient (Wildman–Crippen LogP) is 3.83. The van der Waals surface area contributed by atoms with Crippen LogP contribution in [-0.4, -0.2) is 22.6 Å². The quantitative estimate of drug-likeness (QED) is 0.382. The minimum atomic E-state index is 0. The summed E-state index contributed by atoms with van der Waals surface area (Å²) in [6.07, 6.45) is 2.94. The molecule has 2 N–H and O–H groups in total. The molecular weight excluding hydrogens is 468 g/mol. The van der Waals surface area contributed by atoms with Crippen LogP contribution in [0.3, 0.4) is 0 Å². The molecule has 0 amide bonds. The van der Waals surface area contributed by atoms with E-state index in [1.54, 1.807) is 18.4 Å². The maximum absolute atomic E-state index is 6.06. The highest BCUT2D eigenvalue weighted by molar-refractivity contribution is 14.0. The van der Waals surface area contributed by atoms with Gasteiger partial charge in [0.2, 0.25) is 0 Å². The van der Waals surface area contributed by atoms with Gasteiger partial charge < -0.3 is 15.2 Å². The van der Waals surface area contributed by atoms with E-state index in [1.165, 1.54) is 4.88 Å². The lowest BCUT2D eigenvalue weighted by molar-refractivity contribution is 0.749. The zero-order chi connectivity index (χ0) is 16.1. The Morgan fingerprint density at radius 2 is 2.04 bits per heavy atom. The van der Waals surface area contributed by atoms with Crippen molar-refractivity contribution < 1.29 is 0 Å². The molecule has 2 aromatic heterocycles. The molecule has 0 aliphatic heterocycles. The number of nitrogens with one attached hydrogen (secondary N) is 2. The van der Waals surface area contributed by atoms with Gasteiger partial charge in [-0.2, -0.15) is 0 Å². The second-order valence-electron chi connectivity index (χ2n) is 4.69. The average molecular weight is 488 g/mol. The summed E-state index contributed by atoms with van der Waals surface area (Å²) in [6.45, 7) is 3.36. The number of thiazole rings is 1. The predicted molar refractivity (Wildman–Crippen MR) is 109 cm³/mol. The number of halogens is 3. The van der Waals surface area contributed by atoms with Gasteiger partial charge in [-0.25, -0.2) is 4.98 Å². The number of guanidine groups is 1. The van der Waals surface area contributed by atoms with E-state index in [0.717, 1.165) is 17.1 Å². The molecule has 0 unspecified atom stereocenters. The Balaban J connectivity index is 0.00000264. The molecule has 0 radical (unpaired) electrons. The summed E-state index contributed by atoms with van der Waals surface area (Å²) in [6, 6.07) is 1.85. The lowest BCUT2D eigenvalue weighted by atomic mass is 10.4. The average Bonchev–Trinajstić information content (AvgIpc) is 3.08. The molecule has 0 aliphatic rings. The highest BCUT2D eigenvalue weighted by Crippen LogP contribution is 2.24. The van der Waals surface area contributed by atoms with Crippen molar-refractivity contribution in [2.24, 2.45) is 12.0 Å². The van der Waals surface area contributed by atoms with E-state index < -0.39 is 0 Å². The summed E-state index contributed by atoms with van der Waals surface area (Å²) >= 11 is 13.8. The summed E-state index contributed by atoms with van der Waals surface area (Å²) in [4.78, 5) is 9.86. The third kappa shape index (κ3) is 5.51. The van der Waals surface area contributed by atoms with Crippen molar-refractivity contribution in [1.29, 1.82) is 0 Å². The first kappa shape index (κ1) is 20.5. The first-order valence-electron chi connectivity index (χ1n) is 6.92. The largest absolute Gasteiger partial charge is 0.351 e. The third-order valence-corrected chi connectivity index (χ3v) is 5.22. The normalized spacial score (nSPS) is 11.3. The molecule has 0 spiro atoms. The standard InChI is InChI=1S/C14H19Cl2N5S.HI/c1-4-10-7-18-12(22-10)8-20-14(17-2)19-6-9-5-11(15)13(16)21(9)3;/h5,7H,4,6,8H2,1-3H3,(H2,17,19,20);1H. The Labute approximate surface area is 167 Å². The van der Waals surface area contributed by atoms with E-state index in [0.29, 0.717) is 29.2 Å². The summed E-state index contributed by atoms with van der Waals surface area (Å²) in [7, 11) is 3.61. The van der Waals surface area contributed by atoms with Crippen LogP contribution in [0.15, 0.2) is 17.3 Å². The number of aromatic nitrogens is 2. The van der Waals surface area contributed by atoms with Gasteiger partial charge in [0, 0.05) is 30.9 Å². The molecule has 0 saturated carbocycles. The Hall–Kier alpha value is -0.510. The minimum Gasteiger partial charge on any atom is -0.351 e.